The Morgan fingerprint density at radius 1 is 1.02 bits per heavy atom. The van der Waals surface area contributed by atoms with Crippen LogP contribution in [0.1, 0.15) is 69.9 Å². The first-order valence-electron chi connectivity index (χ1n) is 14.3. The van der Waals surface area contributed by atoms with E-state index in [1.165, 1.54) is 6.20 Å². The SMILES string of the molecule is Cc1cc(N2CCC(c3nn(C(c4ccccc4)c4ccccc4)c4c3[C@H](C(F)(F)F)[C@H](O)C(=O)C4)CC2)ncc1C#N. The van der Waals surface area contributed by atoms with Crippen molar-refractivity contribution in [3.63, 3.8) is 0 Å². The molecule has 0 radical (unpaired) electrons. The number of aliphatic hydroxyl groups is 1. The Kier molecular flexibility index (Phi) is 7.52. The molecule has 2 aromatic carbocycles. The molecule has 2 aliphatic rings. The van der Waals surface area contributed by atoms with Crippen LogP contribution in [0, 0.1) is 18.3 Å². The van der Waals surface area contributed by atoms with E-state index in [4.69, 9.17) is 5.10 Å². The van der Waals surface area contributed by atoms with Gasteiger partial charge in [-0.05, 0) is 42.5 Å². The van der Waals surface area contributed by atoms with E-state index in [0.29, 0.717) is 43.0 Å². The summed E-state index contributed by atoms with van der Waals surface area (Å²) in [5.41, 5.74) is 3.38. The number of ketones is 1. The second-order valence-electron chi connectivity index (χ2n) is 11.3. The first kappa shape index (κ1) is 28.6. The van der Waals surface area contributed by atoms with Crippen molar-refractivity contribution in [2.45, 2.75) is 56.3 Å². The summed E-state index contributed by atoms with van der Waals surface area (Å²) in [5, 5.41) is 24.8. The van der Waals surface area contributed by atoms with Gasteiger partial charge in [0.05, 0.1) is 23.4 Å². The molecular weight excluding hydrogens is 555 g/mol. The number of carbonyl (C=O) groups is 1. The summed E-state index contributed by atoms with van der Waals surface area (Å²) in [4.78, 5) is 19.4. The Labute approximate surface area is 247 Å². The maximum atomic E-state index is 14.6. The Hall–Kier alpha value is -4.49. The van der Waals surface area contributed by atoms with Gasteiger partial charge in [-0.2, -0.15) is 23.5 Å². The standard InChI is InChI=1S/C33H30F3N5O2/c1-20-16-27(38-19-24(20)18-37)40-14-12-21(13-15-40)30-28-25(17-26(42)32(43)29(28)33(34,35)36)41(39-30)31(22-8-4-2-5-9-22)23-10-6-3-7-11-23/h2-11,16,19,21,29,31-32,43H,12-15,17H2,1H3/t29-,32+/m0/s1. The number of piperidine rings is 1. The number of hydrogen-bond donors (Lipinski definition) is 1. The van der Waals surface area contributed by atoms with Crippen LogP contribution in [0.15, 0.2) is 72.9 Å². The summed E-state index contributed by atoms with van der Waals surface area (Å²) in [5.74, 6) is -2.81. The van der Waals surface area contributed by atoms with Crippen LogP contribution in [-0.2, 0) is 11.2 Å². The number of rotatable bonds is 5. The molecule has 43 heavy (non-hydrogen) atoms. The minimum Gasteiger partial charge on any atom is -0.384 e. The highest BCUT2D eigenvalue weighted by atomic mass is 19.4. The van der Waals surface area contributed by atoms with Gasteiger partial charge in [0.1, 0.15) is 30.0 Å². The fourth-order valence-electron chi connectivity index (χ4n) is 6.45. The Morgan fingerprint density at radius 3 is 2.16 bits per heavy atom. The minimum atomic E-state index is -4.84. The molecule has 4 aromatic rings. The van der Waals surface area contributed by atoms with Crippen LogP contribution in [0.2, 0.25) is 0 Å². The van der Waals surface area contributed by atoms with E-state index >= 15 is 0 Å². The highest BCUT2D eigenvalue weighted by Gasteiger charge is 2.54. The summed E-state index contributed by atoms with van der Waals surface area (Å²) >= 11 is 0. The lowest BCUT2D eigenvalue weighted by Gasteiger charge is -2.34. The number of hydrogen-bond acceptors (Lipinski definition) is 6. The zero-order valence-electron chi connectivity index (χ0n) is 23.5. The smallest absolute Gasteiger partial charge is 0.384 e. The second-order valence-corrected chi connectivity index (χ2v) is 11.3. The normalized spacial score (nSPS) is 19.4. The van der Waals surface area contributed by atoms with Gasteiger partial charge in [0.2, 0.25) is 0 Å². The molecule has 0 spiro atoms. The highest BCUT2D eigenvalue weighted by molar-refractivity contribution is 5.88. The molecule has 2 aromatic heterocycles. The number of halogens is 3. The van der Waals surface area contributed by atoms with Gasteiger partial charge < -0.3 is 10.0 Å². The molecule has 0 unspecified atom stereocenters. The maximum Gasteiger partial charge on any atom is 0.398 e. The van der Waals surface area contributed by atoms with Crippen molar-refractivity contribution in [3.8, 4) is 6.07 Å². The zero-order valence-corrected chi connectivity index (χ0v) is 23.5. The number of nitrogens with zero attached hydrogens (tertiary/aromatic N) is 5. The number of pyridine rings is 1. The van der Waals surface area contributed by atoms with Crippen LogP contribution in [0.5, 0.6) is 0 Å². The summed E-state index contributed by atoms with van der Waals surface area (Å²) < 4.78 is 45.5. The summed E-state index contributed by atoms with van der Waals surface area (Å²) in [6, 6.07) is 22.2. The van der Waals surface area contributed by atoms with Gasteiger partial charge in [-0.1, -0.05) is 60.7 Å². The van der Waals surface area contributed by atoms with Gasteiger partial charge in [-0.15, -0.1) is 0 Å². The van der Waals surface area contributed by atoms with E-state index in [9.17, 15) is 28.3 Å². The number of carbonyl (C=O) groups excluding carboxylic acids is 1. The average Bonchev–Trinajstić information content (AvgIpc) is 3.36. The second kappa shape index (κ2) is 11.3. The molecule has 1 saturated heterocycles. The molecule has 1 aliphatic carbocycles. The van der Waals surface area contributed by atoms with Crippen molar-refractivity contribution < 1.29 is 23.1 Å². The van der Waals surface area contributed by atoms with Gasteiger partial charge in [-0.25, -0.2) is 4.98 Å². The molecule has 1 fully saturated rings. The number of alkyl halides is 3. The Bertz CT molecular complexity index is 1630. The quantitative estimate of drug-likeness (QED) is 0.327. The maximum absolute atomic E-state index is 14.6. The first-order valence-corrected chi connectivity index (χ1v) is 14.3. The largest absolute Gasteiger partial charge is 0.398 e. The van der Waals surface area contributed by atoms with Crippen LogP contribution < -0.4 is 4.90 Å². The predicted molar refractivity (Wildman–Crippen MR) is 154 cm³/mol. The summed E-state index contributed by atoms with van der Waals surface area (Å²) in [6.07, 6.45) is -4.79. The molecule has 3 heterocycles. The lowest BCUT2D eigenvalue weighted by atomic mass is 9.78. The van der Waals surface area contributed by atoms with Gasteiger partial charge in [0.15, 0.2) is 5.78 Å². The number of aliphatic hydroxyl groups excluding tert-OH is 1. The van der Waals surface area contributed by atoms with E-state index in [1.54, 1.807) is 4.68 Å². The van der Waals surface area contributed by atoms with Crippen molar-refractivity contribution in [3.05, 3.63) is 112 Å². The fraction of sp³-hybridized carbons (Fsp3) is 0.333. The van der Waals surface area contributed by atoms with Crippen LogP contribution >= 0.6 is 0 Å². The van der Waals surface area contributed by atoms with Crippen molar-refractivity contribution in [2.75, 3.05) is 18.0 Å². The lowest BCUT2D eigenvalue weighted by molar-refractivity contribution is -0.179. The number of fused-ring (bicyclic) bond motifs is 1. The van der Waals surface area contributed by atoms with Crippen molar-refractivity contribution >= 4 is 11.6 Å². The third-order valence-corrected chi connectivity index (χ3v) is 8.63. The molecular formula is C33H30F3N5O2. The van der Waals surface area contributed by atoms with Crippen LogP contribution in [-0.4, -0.2) is 51.0 Å². The van der Waals surface area contributed by atoms with Crippen LogP contribution in [0.25, 0.3) is 0 Å². The first-order chi connectivity index (χ1) is 20.7. The molecule has 10 heteroatoms. The topological polar surface area (TPSA) is 95.0 Å². The van der Waals surface area contributed by atoms with Crippen molar-refractivity contribution in [1.82, 2.24) is 14.8 Å². The van der Waals surface area contributed by atoms with Gasteiger partial charge in [0.25, 0.3) is 0 Å². The Morgan fingerprint density at radius 2 is 1.63 bits per heavy atom. The summed E-state index contributed by atoms with van der Waals surface area (Å²) in [6.45, 7) is 2.91. The van der Waals surface area contributed by atoms with Crippen LogP contribution in [0.3, 0.4) is 0 Å². The number of nitriles is 1. The van der Waals surface area contributed by atoms with E-state index in [2.05, 4.69) is 16.0 Å². The molecule has 0 amide bonds. The number of aryl methyl sites for hydroxylation is 1. The third kappa shape index (κ3) is 5.30. The molecule has 0 saturated carbocycles. The molecule has 1 aliphatic heterocycles. The molecule has 7 nitrogen and oxygen atoms in total. The summed E-state index contributed by atoms with van der Waals surface area (Å²) in [7, 11) is 0. The van der Waals surface area contributed by atoms with E-state index in [-0.39, 0.29) is 23.6 Å². The van der Waals surface area contributed by atoms with Gasteiger partial charge in [0, 0.05) is 30.8 Å². The number of anilines is 1. The van der Waals surface area contributed by atoms with Gasteiger partial charge >= 0.3 is 6.18 Å². The average molecular weight is 586 g/mol. The Balaban J connectivity index is 1.45. The molecule has 1 N–H and O–H groups in total. The lowest BCUT2D eigenvalue weighted by Crippen LogP contribution is -2.43. The third-order valence-electron chi connectivity index (χ3n) is 8.63. The number of benzene rings is 2. The molecule has 2 atom stereocenters. The monoisotopic (exact) mass is 585 g/mol. The number of aromatic nitrogens is 3. The number of Topliss-reactive ketones (excluding diaryl/α,β-unsaturated/α-hetero) is 1. The van der Waals surface area contributed by atoms with Crippen molar-refractivity contribution in [2.24, 2.45) is 0 Å². The highest BCUT2D eigenvalue weighted by Crippen LogP contribution is 2.48. The van der Waals surface area contributed by atoms with E-state index < -0.39 is 30.0 Å². The molecule has 220 valence electrons. The minimum absolute atomic E-state index is 0.0674. The van der Waals surface area contributed by atoms with Gasteiger partial charge in [-0.3, -0.25) is 9.48 Å². The van der Waals surface area contributed by atoms with Crippen molar-refractivity contribution in [1.29, 1.82) is 5.26 Å². The van der Waals surface area contributed by atoms with Crippen LogP contribution in [0.4, 0.5) is 19.0 Å². The van der Waals surface area contributed by atoms with E-state index in [0.717, 1.165) is 16.7 Å². The predicted octanol–water partition coefficient (Wildman–Crippen LogP) is 5.61. The zero-order chi connectivity index (χ0) is 30.3. The fourth-order valence-corrected chi connectivity index (χ4v) is 6.45. The van der Waals surface area contributed by atoms with E-state index in [1.807, 2.05) is 73.7 Å². The molecule has 6 rings (SSSR count). The molecule has 0 bridgehead atoms.